The minimum Gasteiger partial charge on any atom is -0.486 e. The number of ether oxygens (including phenoxy) is 3. The molecule has 0 atom stereocenters. The molecular formula is C29H24N4O4. The molecule has 0 bridgehead atoms. The van der Waals surface area contributed by atoms with Gasteiger partial charge in [-0.3, -0.25) is 4.79 Å². The van der Waals surface area contributed by atoms with Crippen LogP contribution in [0.4, 0.5) is 5.69 Å². The summed E-state index contributed by atoms with van der Waals surface area (Å²) in [5.74, 6) is 1.31. The number of nitrogens with one attached hydrogen (secondary N) is 1. The van der Waals surface area contributed by atoms with Crippen LogP contribution >= 0.6 is 0 Å². The fourth-order valence-corrected chi connectivity index (χ4v) is 4.35. The molecule has 0 radical (unpaired) electrons. The molecule has 6 rings (SSSR count). The van der Waals surface area contributed by atoms with E-state index in [4.69, 9.17) is 24.3 Å². The highest BCUT2D eigenvalue weighted by Crippen LogP contribution is 2.34. The molecule has 1 N–H and O–H groups in total. The van der Waals surface area contributed by atoms with E-state index in [0.29, 0.717) is 41.9 Å². The Kier molecular flexibility index (Phi) is 5.90. The van der Waals surface area contributed by atoms with Crippen molar-refractivity contribution in [3.8, 4) is 34.3 Å². The van der Waals surface area contributed by atoms with Gasteiger partial charge in [-0.25, -0.2) is 4.68 Å². The Morgan fingerprint density at radius 2 is 1.68 bits per heavy atom. The molecule has 1 aliphatic heterocycles. The number of pyridine rings is 1. The number of aromatic nitrogens is 3. The van der Waals surface area contributed by atoms with Crippen molar-refractivity contribution in [2.75, 3.05) is 25.1 Å². The lowest BCUT2D eigenvalue weighted by atomic mass is 10.1. The first-order chi connectivity index (χ1) is 18.2. The molecule has 0 saturated heterocycles. The molecule has 0 aliphatic carbocycles. The lowest BCUT2D eigenvalue weighted by molar-refractivity contribution is -0.118. The number of hydrogen-bond donors (Lipinski definition) is 1. The van der Waals surface area contributed by atoms with Crippen LogP contribution in [0, 0.1) is 6.92 Å². The van der Waals surface area contributed by atoms with Crippen LogP contribution in [0.25, 0.3) is 28.0 Å². The van der Waals surface area contributed by atoms with Gasteiger partial charge in [-0.1, -0.05) is 48.5 Å². The monoisotopic (exact) mass is 492 g/mol. The summed E-state index contributed by atoms with van der Waals surface area (Å²) in [5.41, 5.74) is 4.94. The second-order valence-electron chi connectivity index (χ2n) is 8.63. The van der Waals surface area contributed by atoms with Gasteiger partial charge in [-0.2, -0.15) is 10.1 Å². The van der Waals surface area contributed by atoms with E-state index >= 15 is 0 Å². The second kappa shape index (κ2) is 9.66. The molecule has 0 spiro atoms. The number of anilines is 1. The van der Waals surface area contributed by atoms with Crippen molar-refractivity contribution in [1.29, 1.82) is 0 Å². The molecule has 1 amide bonds. The topological polar surface area (TPSA) is 87.5 Å². The molecule has 2 aromatic heterocycles. The normalized spacial score (nSPS) is 12.4. The lowest BCUT2D eigenvalue weighted by Crippen LogP contribution is -2.21. The van der Waals surface area contributed by atoms with Crippen molar-refractivity contribution in [1.82, 2.24) is 14.8 Å². The molecule has 0 unspecified atom stereocenters. The third kappa shape index (κ3) is 4.56. The van der Waals surface area contributed by atoms with Gasteiger partial charge in [-0.15, -0.1) is 0 Å². The van der Waals surface area contributed by atoms with E-state index in [1.807, 2.05) is 78.3 Å². The average molecular weight is 493 g/mol. The third-order valence-corrected chi connectivity index (χ3v) is 6.04. The fraction of sp³-hybridized carbons (Fsp3) is 0.138. The number of fused-ring (bicyclic) bond motifs is 2. The van der Waals surface area contributed by atoms with Gasteiger partial charge >= 0.3 is 0 Å². The molecule has 3 heterocycles. The predicted molar refractivity (Wildman–Crippen MR) is 141 cm³/mol. The van der Waals surface area contributed by atoms with Crippen LogP contribution in [0.2, 0.25) is 0 Å². The van der Waals surface area contributed by atoms with Gasteiger partial charge in [-0.05, 0) is 36.8 Å². The molecule has 8 heteroatoms. The van der Waals surface area contributed by atoms with Gasteiger partial charge in [0.25, 0.3) is 5.91 Å². The SMILES string of the molecule is Cc1cc(OCC(=O)Nc2ccc3c(c2)OCCO3)nc2c1c(-c1ccccc1)nn2-c1ccccc1. The van der Waals surface area contributed by atoms with Gasteiger partial charge in [0.2, 0.25) is 5.88 Å². The Hall–Kier alpha value is -4.85. The Bertz CT molecular complexity index is 1580. The first-order valence-electron chi connectivity index (χ1n) is 12.0. The van der Waals surface area contributed by atoms with E-state index in [-0.39, 0.29) is 12.5 Å². The summed E-state index contributed by atoms with van der Waals surface area (Å²) in [7, 11) is 0. The van der Waals surface area contributed by atoms with Crippen molar-refractivity contribution < 1.29 is 19.0 Å². The van der Waals surface area contributed by atoms with Gasteiger partial charge in [0.1, 0.15) is 18.9 Å². The zero-order valence-electron chi connectivity index (χ0n) is 20.2. The summed E-state index contributed by atoms with van der Waals surface area (Å²) in [4.78, 5) is 17.4. The van der Waals surface area contributed by atoms with E-state index < -0.39 is 0 Å². The number of carbonyl (C=O) groups is 1. The molecule has 5 aromatic rings. The molecule has 184 valence electrons. The number of rotatable bonds is 6. The van der Waals surface area contributed by atoms with E-state index in [1.54, 1.807) is 18.2 Å². The predicted octanol–water partition coefficient (Wildman–Crippen LogP) is 5.18. The number of hydrogen-bond acceptors (Lipinski definition) is 6. The maximum atomic E-state index is 12.6. The first-order valence-corrected chi connectivity index (χ1v) is 12.0. The standard InChI is InChI=1S/C29H24N4O4/c1-19-16-26(37-18-25(34)30-21-12-13-23-24(17-21)36-15-14-35-23)31-29-27(19)28(20-8-4-2-5-9-20)32-33(29)22-10-6-3-7-11-22/h2-13,16-17H,14-15,18H2,1H3,(H,30,34). The fourth-order valence-electron chi connectivity index (χ4n) is 4.35. The number of amides is 1. The lowest BCUT2D eigenvalue weighted by Gasteiger charge is -2.19. The highest BCUT2D eigenvalue weighted by Gasteiger charge is 2.19. The van der Waals surface area contributed by atoms with Crippen LogP contribution in [0.5, 0.6) is 17.4 Å². The summed E-state index contributed by atoms with van der Waals surface area (Å²) < 4.78 is 18.8. The van der Waals surface area contributed by atoms with Crippen molar-refractivity contribution in [3.63, 3.8) is 0 Å². The maximum Gasteiger partial charge on any atom is 0.262 e. The largest absolute Gasteiger partial charge is 0.486 e. The number of carbonyl (C=O) groups excluding carboxylic acids is 1. The van der Waals surface area contributed by atoms with Crippen LogP contribution in [0.1, 0.15) is 5.56 Å². The van der Waals surface area contributed by atoms with Crippen LogP contribution in [-0.4, -0.2) is 40.5 Å². The Morgan fingerprint density at radius 3 is 2.46 bits per heavy atom. The summed E-state index contributed by atoms with van der Waals surface area (Å²) in [6.45, 7) is 2.79. The third-order valence-electron chi connectivity index (χ3n) is 6.04. The molecule has 0 saturated carbocycles. The van der Waals surface area contributed by atoms with Crippen LogP contribution < -0.4 is 19.5 Å². The summed E-state index contributed by atoms with van der Waals surface area (Å²) >= 11 is 0. The molecule has 0 fully saturated rings. The smallest absolute Gasteiger partial charge is 0.262 e. The second-order valence-corrected chi connectivity index (χ2v) is 8.63. The van der Waals surface area contributed by atoms with Gasteiger partial charge in [0.05, 0.1) is 11.1 Å². The Labute approximate surface area is 213 Å². The van der Waals surface area contributed by atoms with Crippen LogP contribution in [0.3, 0.4) is 0 Å². The number of benzene rings is 3. The molecule has 8 nitrogen and oxygen atoms in total. The number of para-hydroxylation sites is 1. The molecule has 1 aliphatic rings. The van der Waals surface area contributed by atoms with E-state index in [9.17, 15) is 4.79 Å². The Morgan fingerprint density at radius 1 is 0.946 bits per heavy atom. The van der Waals surface area contributed by atoms with Crippen LogP contribution in [-0.2, 0) is 4.79 Å². The van der Waals surface area contributed by atoms with Crippen LogP contribution in [0.15, 0.2) is 84.9 Å². The summed E-state index contributed by atoms with van der Waals surface area (Å²) in [5, 5.41) is 8.68. The minimum absolute atomic E-state index is 0.197. The van der Waals surface area contributed by atoms with E-state index in [0.717, 1.165) is 27.9 Å². The van der Waals surface area contributed by atoms with Crippen molar-refractivity contribution in [2.45, 2.75) is 6.92 Å². The van der Waals surface area contributed by atoms with Crippen molar-refractivity contribution in [3.05, 3.63) is 90.5 Å². The van der Waals surface area contributed by atoms with Crippen molar-refractivity contribution >= 4 is 22.6 Å². The van der Waals surface area contributed by atoms with E-state index in [1.165, 1.54) is 0 Å². The summed E-state index contributed by atoms with van der Waals surface area (Å²) in [6.07, 6.45) is 0. The molecule has 37 heavy (non-hydrogen) atoms. The highest BCUT2D eigenvalue weighted by molar-refractivity contribution is 5.95. The number of aryl methyl sites for hydroxylation is 1. The van der Waals surface area contributed by atoms with E-state index in [2.05, 4.69) is 5.32 Å². The van der Waals surface area contributed by atoms with Gasteiger partial charge < -0.3 is 19.5 Å². The Balaban J connectivity index is 1.28. The van der Waals surface area contributed by atoms with Gasteiger partial charge in [0, 0.05) is 23.4 Å². The molecular weight excluding hydrogens is 468 g/mol. The highest BCUT2D eigenvalue weighted by atomic mass is 16.6. The zero-order valence-corrected chi connectivity index (χ0v) is 20.2. The average Bonchev–Trinajstić information content (AvgIpc) is 3.33. The quantitative estimate of drug-likeness (QED) is 0.351. The minimum atomic E-state index is -0.308. The summed E-state index contributed by atoms with van der Waals surface area (Å²) in [6, 6.07) is 27.0. The first kappa shape index (κ1) is 22.6. The van der Waals surface area contributed by atoms with Crippen molar-refractivity contribution in [2.24, 2.45) is 0 Å². The maximum absolute atomic E-state index is 12.6. The molecule has 3 aromatic carbocycles. The van der Waals surface area contributed by atoms with Gasteiger partial charge in [0.15, 0.2) is 23.8 Å². The number of nitrogens with zero attached hydrogens (tertiary/aromatic N) is 3. The zero-order chi connectivity index (χ0) is 25.2.